The fraction of sp³-hybridized carbons (Fsp3) is 0.133. The lowest BCUT2D eigenvalue weighted by Gasteiger charge is -2.15. The van der Waals surface area contributed by atoms with Gasteiger partial charge in [0.1, 0.15) is 6.04 Å². The van der Waals surface area contributed by atoms with Crippen molar-refractivity contribution in [3.8, 4) is 0 Å². The highest BCUT2D eigenvalue weighted by molar-refractivity contribution is 7.89. The van der Waals surface area contributed by atoms with E-state index in [-0.39, 0.29) is 4.90 Å². The van der Waals surface area contributed by atoms with Gasteiger partial charge in [-0.1, -0.05) is 42.5 Å². The summed E-state index contributed by atoms with van der Waals surface area (Å²) in [7, 11) is -3.91. The second-order valence-corrected chi connectivity index (χ2v) is 6.33. The number of aryl methyl sites for hydroxylation is 1. The number of hydrogen-bond acceptors (Lipinski definition) is 3. The first-order valence-corrected chi connectivity index (χ1v) is 7.75. The van der Waals surface area contributed by atoms with Crippen LogP contribution >= 0.6 is 0 Å². The van der Waals surface area contributed by atoms with Gasteiger partial charge in [0.05, 0.1) is 4.90 Å². The molecular formula is C15H15NO4S. The Morgan fingerprint density at radius 2 is 1.76 bits per heavy atom. The van der Waals surface area contributed by atoms with Gasteiger partial charge in [0.25, 0.3) is 0 Å². The number of nitrogens with one attached hydrogen (secondary N) is 1. The molecular weight excluding hydrogens is 290 g/mol. The summed E-state index contributed by atoms with van der Waals surface area (Å²) in [4.78, 5) is 11.4. The van der Waals surface area contributed by atoms with Crippen LogP contribution in [-0.4, -0.2) is 19.5 Å². The molecule has 0 aliphatic carbocycles. The van der Waals surface area contributed by atoms with Crippen LogP contribution in [0.25, 0.3) is 0 Å². The molecule has 2 aromatic carbocycles. The van der Waals surface area contributed by atoms with Crippen LogP contribution in [0.2, 0.25) is 0 Å². The Morgan fingerprint density at radius 1 is 1.10 bits per heavy atom. The SMILES string of the molecule is Cc1cccc(S(=O)(=O)NC(C(=O)O)c2ccccc2)c1. The van der Waals surface area contributed by atoms with Crippen molar-refractivity contribution >= 4 is 16.0 Å². The molecule has 1 atom stereocenters. The smallest absolute Gasteiger partial charge is 0.326 e. The summed E-state index contributed by atoms with van der Waals surface area (Å²) in [5.74, 6) is -1.25. The Hall–Kier alpha value is -2.18. The first kappa shape index (κ1) is 15.2. The number of carbonyl (C=O) groups is 1. The minimum Gasteiger partial charge on any atom is -0.480 e. The third-order valence-electron chi connectivity index (χ3n) is 2.95. The van der Waals surface area contributed by atoms with E-state index in [1.165, 1.54) is 12.1 Å². The predicted octanol–water partition coefficient (Wildman–Crippen LogP) is 2.10. The molecule has 6 heteroatoms. The summed E-state index contributed by atoms with van der Waals surface area (Å²) in [6.45, 7) is 1.77. The van der Waals surface area contributed by atoms with Crippen LogP contribution < -0.4 is 4.72 Å². The quantitative estimate of drug-likeness (QED) is 0.886. The van der Waals surface area contributed by atoms with Gasteiger partial charge in [-0.2, -0.15) is 4.72 Å². The van der Waals surface area contributed by atoms with Crippen molar-refractivity contribution in [1.82, 2.24) is 4.72 Å². The van der Waals surface area contributed by atoms with Crippen LogP contribution in [0, 0.1) is 6.92 Å². The summed E-state index contributed by atoms with van der Waals surface area (Å²) < 4.78 is 26.8. The van der Waals surface area contributed by atoms with Crippen molar-refractivity contribution in [3.05, 3.63) is 65.7 Å². The van der Waals surface area contributed by atoms with Gasteiger partial charge in [0.15, 0.2) is 0 Å². The van der Waals surface area contributed by atoms with E-state index in [4.69, 9.17) is 0 Å². The van der Waals surface area contributed by atoms with Gasteiger partial charge in [-0.15, -0.1) is 0 Å². The molecule has 0 saturated heterocycles. The Morgan fingerprint density at radius 3 is 2.33 bits per heavy atom. The molecule has 0 spiro atoms. The highest BCUT2D eigenvalue weighted by Crippen LogP contribution is 2.18. The summed E-state index contributed by atoms with van der Waals surface area (Å²) in [6, 6.07) is 13.2. The van der Waals surface area contributed by atoms with E-state index in [9.17, 15) is 18.3 Å². The topological polar surface area (TPSA) is 83.5 Å². The number of carboxylic acid groups (broad SMARTS) is 1. The minimum absolute atomic E-state index is 0.0460. The van der Waals surface area contributed by atoms with Crippen molar-refractivity contribution in [2.75, 3.05) is 0 Å². The molecule has 5 nitrogen and oxygen atoms in total. The van der Waals surface area contributed by atoms with Crippen molar-refractivity contribution in [3.63, 3.8) is 0 Å². The van der Waals surface area contributed by atoms with E-state index >= 15 is 0 Å². The molecule has 0 aromatic heterocycles. The maximum atomic E-state index is 12.3. The van der Waals surface area contributed by atoms with Crippen LogP contribution in [0.1, 0.15) is 17.2 Å². The summed E-state index contributed by atoms with van der Waals surface area (Å²) in [5.41, 5.74) is 1.16. The van der Waals surface area contributed by atoms with Gasteiger partial charge in [-0.05, 0) is 30.2 Å². The molecule has 0 fully saturated rings. The summed E-state index contributed by atoms with van der Waals surface area (Å²) >= 11 is 0. The Kier molecular flexibility index (Phi) is 4.40. The van der Waals surface area contributed by atoms with Crippen molar-refractivity contribution < 1.29 is 18.3 Å². The summed E-state index contributed by atoms with van der Waals surface area (Å²) in [5, 5.41) is 9.26. The lowest BCUT2D eigenvalue weighted by Crippen LogP contribution is -2.33. The largest absolute Gasteiger partial charge is 0.480 e. The molecule has 2 aromatic rings. The molecule has 0 aliphatic heterocycles. The van der Waals surface area contributed by atoms with E-state index in [0.29, 0.717) is 5.56 Å². The Bertz CT molecular complexity index is 741. The number of aliphatic carboxylic acids is 1. The number of rotatable bonds is 5. The van der Waals surface area contributed by atoms with Gasteiger partial charge in [0.2, 0.25) is 10.0 Å². The van der Waals surface area contributed by atoms with Gasteiger partial charge < -0.3 is 5.11 Å². The monoisotopic (exact) mass is 305 g/mol. The van der Waals surface area contributed by atoms with Crippen molar-refractivity contribution in [2.24, 2.45) is 0 Å². The van der Waals surface area contributed by atoms with Crippen molar-refractivity contribution in [1.29, 1.82) is 0 Å². The number of carboxylic acids is 1. The second kappa shape index (κ2) is 6.07. The molecule has 2 N–H and O–H groups in total. The van der Waals surface area contributed by atoms with E-state index in [0.717, 1.165) is 5.56 Å². The molecule has 0 heterocycles. The van der Waals surface area contributed by atoms with Gasteiger partial charge in [-0.25, -0.2) is 8.42 Å². The molecule has 0 amide bonds. The lowest BCUT2D eigenvalue weighted by molar-refractivity contribution is -0.139. The fourth-order valence-electron chi connectivity index (χ4n) is 1.91. The zero-order valence-electron chi connectivity index (χ0n) is 11.4. The highest BCUT2D eigenvalue weighted by Gasteiger charge is 2.26. The molecule has 21 heavy (non-hydrogen) atoms. The minimum atomic E-state index is -3.91. The average Bonchev–Trinajstić information content (AvgIpc) is 2.45. The van der Waals surface area contributed by atoms with Crippen LogP contribution in [0.3, 0.4) is 0 Å². The van der Waals surface area contributed by atoms with E-state index in [2.05, 4.69) is 4.72 Å². The van der Waals surface area contributed by atoms with Gasteiger partial charge >= 0.3 is 5.97 Å². The van der Waals surface area contributed by atoms with E-state index in [1.54, 1.807) is 49.4 Å². The normalized spacial score (nSPS) is 12.8. The third-order valence-corrected chi connectivity index (χ3v) is 4.37. The van der Waals surface area contributed by atoms with Crippen LogP contribution in [-0.2, 0) is 14.8 Å². The molecule has 1 unspecified atom stereocenters. The maximum absolute atomic E-state index is 12.3. The maximum Gasteiger partial charge on any atom is 0.326 e. The third kappa shape index (κ3) is 3.68. The molecule has 2 rings (SSSR count). The van der Waals surface area contributed by atoms with Crippen LogP contribution in [0.15, 0.2) is 59.5 Å². The van der Waals surface area contributed by atoms with E-state index < -0.39 is 22.0 Å². The number of benzene rings is 2. The van der Waals surface area contributed by atoms with Gasteiger partial charge in [-0.3, -0.25) is 4.79 Å². The average molecular weight is 305 g/mol. The molecule has 0 aliphatic rings. The van der Waals surface area contributed by atoms with Crippen LogP contribution in [0.5, 0.6) is 0 Å². The summed E-state index contributed by atoms with van der Waals surface area (Å²) in [6.07, 6.45) is 0. The van der Waals surface area contributed by atoms with E-state index in [1.807, 2.05) is 0 Å². The van der Waals surface area contributed by atoms with Gasteiger partial charge in [0, 0.05) is 0 Å². The zero-order valence-corrected chi connectivity index (χ0v) is 12.2. The zero-order chi connectivity index (χ0) is 15.5. The highest BCUT2D eigenvalue weighted by atomic mass is 32.2. The first-order chi connectivity index (χ1) is 9.90. The molecule has 0 bridgehead atoms. The van der Waals surface area contributed by atoms with Crippen molar-refractivity contribution in [2.45, 2.75) is 17.9 Å². The number of sulfonamides is 1. The first-order valence-electron chi connectivity index (χ1n) is 6.27. The Balaban J connectivity index is 2.35. The second-order valence-electron chi connectivity index (χ2n) is 4.62. The molecule has 110 valence electrons. The number of hydrogen-bond donors (Lipinski definition) is 2. The van der Waals surface area contributed by atoms with Crippen LogP contribution in [0.4, 0.5) is 0 Å². The fourth-order valence-corrected chi connectivity index (χ4v) is 3.19. The predicted molar refractivity (Wildman–Crippen MR) is 78.3 cm³/mol. The molecule has 0 radical (unpaired) electrons. The standard InChI is InChI=1S/C15H15NO4S/c1-11-6-5-9-13(10-11)21(19,20)16-14(15(17)18)12-7-3-2-4-8-12/h2-10,14,16H,1H3,(H,17,18). The molecule has 0 saturated carbocycles. The lowest BCUT2D eigenvalue weighted by atomic mass is 10.1. The Labute approximate surface area is 123 Å².